The van der Waals surface area contributed by atoms with Crippen LogP contribution in [0.15, 0.2) is 0 Å². The molecule has 1 rings (SSSR count). The van der Waals surface area contributed by atoms with Crippen LogP contribution in [0.25, 0.3) is 0 Å². The van der Waals surface area contributed by atoms with Crippen LogP contribution in [0.5, 0.6) is 0 Å². The number of carbonyl (C=O) groups excluding carboxylic acids is 1. The van der Waals surface area contributed by atoms with Crippen molar-refractivity contribution in [3.8, 4) is 0 Å². The molecule has 0 unspecified atom stereocenters. The third-order valence-electron chi connectivity index (χ3n) is 2.03. The Morgan fingerprint density at radius 3 is 2.18 bits per heavy atom. The van der Waals surface area contributed by atoms with Gasteiger partial charge in [-0.2, -0.15) is 13.2 Å². The van der Waals surface area contributed by atoms with E-state index in [0.717, 1.165) is 13.1 Å². The minimum Gasteiger partial charge on any atom is -0.378 e. The van der Waals surface area contributed by atoms with Crippen molar-refractivity contribution in [2.45, 2.75) is 26.6 Å². The van der Waals surface area contributed by atoms with Crippen LogP contribution in [0.4, 0.5) is 13.2 Å². The van der Waals surface area contributed by atoms with Gasteiger partial charge in [-0.15, -0.1) is 0 Å². The van der Waals surface area contributed by atoms with Gasteiger partial charge in [-0.3, -0.25) is 4.79 Å². The molecule has 17 heavy (non-hydrogen) atoms. The number of carbonyl (C=O) groups is 1. The Bertz CT molecular complexity index is 207. The fourth-order valence-electron chi connectivity index (χ4n) is 1.22. The molecule has 0 saturated carbocycles. The summed E-state index contributed by atoms with van der Waals surface area (Å²) in [6.45, 7) is 3.66. The number of nitrogens with one attached hydrogen (secondary N) is 1. The number of rotatable bonds is 3. The minimum atomic E-state index is -3.67. The Morgan fingerprint density at radius 2 is 1.76 bits per heavy atom. The highest BCUT2D eigenvalue weighted by Gasteiger charge is 2.15. The summed E-state index contributed by atoms with van der Waals surface area (Å²) < 4.78 is 34.2. The van der Waals surface area contributed by atoms with E-state index in [9.17, 15) is 18.0 Å². The van der Waals surface area contributed by atoms with Crippen molar-refractivity contribution in [2.75, 3.05) is 32.8 Å². The van der Waals surface area contributed by atoms with E-state index < -0.39 is 6.68 Å². The van der Waals surface area contributed by atoms with Crippen LogP contribution in [0.2, 0.25) is 0 Å². The normalized spacial score (nSPS) is 15.8. The van der Waals surface area contributed by atoms with Gasteiger partial charge in [-0.25, -0.2) is 0 Å². The zero-order chi connectivity index (χ0) is 13.3. The SMILES string of the molecule is CC(C)NCC(=O)N1CCOCC1.FC(F)F. The van der Waals surface area contributed by atoms with Crippen LogP contribution < -0.4 is 5.32 Å². The number of hydrogen-bond donors (Lipinski definition) is 1. The molecule has 7 heteroatoms. The zero-order valence-corrected chi connectivity index (χ0v) is 10.1. The Hall–Kier alpha value is -0.820. The Balaban J connectivity index is 0.000000557. The van der Waals surface area contributed by atoms with E-state index in [4.69, 9.17) is 4.74 Å². The van der Waals surface area contributed by atoms with Gasteiger partial charge in [-0.1, -0.05) is 13.8 Å². The predicted molar refractivity (Wildman–Crippen MR) is 57.6 cm³/mol. The van der Waals surface area contributed by atoms with Crippen LogP contribution in [-0.4, -0.2) is 56.4 Å². The summed E-state index contributed by atoms with van der Waals surface area (Å²) in [5.74, 6) is 0.178. The van der Waals surface area contributed by atoms with Gasteiger partial charge in [0.25, 0.3) is 0 Å². The lowest BCUT2D eigenvalue weighted by Crippen LogP contribution is -2.45. The summed E-state index contributed by atoms with van der Waals surface area (Å²) in [5, 5.41) is 3.11. The third-order valence-corrected chi connectivity index (χ3v) is 2.03. The number of hydrogen-bond acceptors (Lipinski definition) is 3. The fraction of sp³-hybridized carbons (Fsp3) is 0.900. The van der Waals surface area contributed by atoms with Gasteiger partial charge in [0.15, 0.2) is 0 Å². The van der Waals surface area contributed by atoms with Gasteiger partial charge >= 0.3 is 6.68 Å². The van der Waals surface area contributed by atoms with E-state index in [2.05, 4.69) is 5.32 Å². The molecule has 4 nitrogen and oxygen atoms in total. The van der Waals surface area contributed by atoms with Crippen molar-refractivity contribution >= 4 is 5.91 Å². The molecule has 1 saturated heterocycles. The zero-order valence-electron chi connectivity index (χ0n) is 10.1. The van der Waals surface area contributed by atoms with Crippen molar-refractivity contribution < 1.29 is 22.7 Å². The number of ether oxygens (including phenoxy) is 1. The minimum absolute atomic E-state index is 0.178. The maximum atomic E-state index is 11.5. The number of morpholine rings is 1. The van der Waals surface area contributed by atoms with Crippen molar-refractivity contribution in [1.29, 1.82) is 0 Å². The number of nitrogens with zero attached hydrogens (tertiary/aromatic N) is 1. The quantitative estimate of drug-likeness (QED) is 0.819. The van der Waals surface area contributed by atoms with Crippen LogP contribution in [-0.2, 0) is 9.53 Å². The second-order valence-electron chi connectivity index (χ2n) is 3.78. The molecule has 1 heterocycles. The standard InChI is InChI=1S/C9H18N2O2.CHF3/c1-8(2)10-7-9(12)11-3-5-13-6-4-11;2-1(3)4/h8,10H,3-7H2,1-2H3;1H. The molecular weight excluding hydrogens is 237 g/mol. The van der Waals surface area contributed by atoms with Gasteiger partial charge in [0.2, 0.25) is 5.91 Å². The molecule has 1 aliphatic rings. The van der Waals surface area contributed by atoms with E-state index in [0.29, 0.717) is 25.8 Å². The first-order valence-corrected chi connectivity index (χ1v) is 5.44. The Labute approximate surface area is 99.1 Å². The average molecular weight is 256 g/mol. The van der Waals surface area contributed by atoms with E-state index >= 15 is 0 Å². The third kappa shape index (κ3) is 10.1. The van der Waals surface area contributed by atoms with Crippen molar-refractivity contribution in [1.82, 2.24) is 10.2 Å². The van der Waals surface area contributed by atoms with Gasteiger partial charge in [-0.05, 0) is 0 Å². The van der Waals surface area contributed by atoms with Crippen molar-refractivity contribution in [2.24, 2.45) is 0 Å². The summed E-state index contributed by atoms with van der Waals surface area (Å²) in [4.78, 5) is 13.4. The Kier molecular flexibility index (Phi) is 8.79. The average Bonchev–Trinajstić information content (AvgIpc) is 2.26. The molecule has 0 bridgehead atoms. The molecule has 102 valence electrons. The molecule has 1 amide bonds. The number of alkyl halides is 3. The summed E-state index contributed by atoms with van der Waals surface area (Å²) in [6, 6.07) is 0.366. The first kappa shape index (κ1) is 16.2. The second-order valence-corrected chi connectivity index (χ2v) is 3.78. The summed E-state index contributed by atoms with van der Waals surface area (Å²) in [5.41, 5.74) is 0. The van der Waals surface area contributed by atoms with E-state index in [1.54, 1.807) is 0 Å². The molecule has 0 aromatic heterocycles. The lowest BCUT2D eigenvalue weighted by Gasteiger charge is -2.27. The molecular formula is C10H19F3N2O2. The van der Waals surface area contributed by atoms with Crippen LogP contribution in [0.1, 0.15) is 13.8 Å². The predicted octanol–water partition coefficient (Wildman–Crippen LogP) is 1.02. The van der Waals surface area contributed by atoms with E-state index in [1.807, 2.05) is 18.7 Å². The molecule has 0 spiro atoms. The summed E-state index contributed by atoms with van der Waals surface area (Å²) >= 11 is 0. The topological polar surface area (TPSA) is 41.6 Å². The van der Waals surface area contributed by atoms with Crippen LogP contribution >= 0.6 is 0 Å². The molecule has 0 aromatic rings. The van der Waals surface area contributed by atoms with Gasteiger partial charge < -0.3 is 15.0 Å². The first-order chi connectivity index (χ1) is 7.93. The fourth-order valence-corrected chi connectivity index (χ4v) is 1.22. The van der Waals surface area contributed by atoms with E-state index in [1.165, 1.54) is 0 Å². The highest BCUT2D eigenvalue weighted by Crippen LogP contribution is 1.96. The van der Waals surface area contributed by atoms with Gasteiger partial charge in [0, 0.05) is 19.1 Å². The highest BCUT2D eigenvalue weighted by molar-refractivity contribution is 5.78. The number of halogens is 3. The maximum absolute atomic E-state index is 11.5. The monoisotopic (exact) mass is 256 g/mol. The van der Waals surface area contributed by atoms with Crippen molar-refractivity contribution in [3.63, 3.8) is 0 Å². The van der Waals surface area contributed by atoms with Gasteiger partial charge in [0.05, 0.1) is 19.8 Å². The molecule has 0 aromatic carbocycles. The molecule has 0 radical (unpaired) electrons. The second kappa shape index (κ2) is 9.23. The van der Waals surface area contributed by atoms with Crippen molar-refractivity contribution in [3.05, 3.63) is 0 Å². The molecule has 1 fully saturated rings. The number of amides is 1. The lowest BCUT2D eigenvalue weighted by atomic mass is 10.3. The first-order valence-electron chi connectivity index (χ1n) is 5.44. The molecule has 1 N–H and O–H groups in total. The molecule has 0 atom stereocenters. The van der Waals surface area contributed by atoms with Crippen LogP contribution in [0, 0.1) is 0 Å². The largest absolute Gasteiger partial charge is 0.379 e. The maximum Gasteiger partial charge on any atom is 0.379 e. The summed E-state index contributed by atoms with van der Waals surface area (Å²) in [6.07, 6.45) is 0. The smallest absolute Gasteiger partial charge is 0.378 e. The van der Waals surface area contributed by atoms with Crippen LogP contribution in [0.3, 0.4) is 0 Å². The summed E-state index contributed by atoms with van der Waals surface area (Å²) in [7, 11) is 0. The molecule has 1 aliphatic heterocycles. The molecule has 0 aliphatic carbocycles. The lowest BCUT2D eigenvalue weighted by molar-refractivity contribution is -0.134. The van der Waals surface area contributed by atoms with E-state index in [-0.39, 0.29) is 5.91 Å². The Morgan fingerprint density at radius 1 is 1.29 bits per heavy atom. The highest BCUT2D eigenvalue weighted by atomic mass is 19.4. The van der Waals surface area contributed by atoms with Gasteiger partial charge in [0.1, 0.15) is 0 Å².